The van der Waals surface area contributed by atoms with Crippen LogP contribution in [0.2, 0.25) is 0 Å². The van der Waals surface area contributed by atoms with Crippen molar-refractivity contribution in [3.63, 3.8) is 0 Å². The van der Waals surface area contributed by atoms with Gasteiger partial charge in [0.2, 0.25) is 0 Å². The minimum absolute atomic E-state index is 0.119. The van der Waals surface area contributed by atoms with Crippen molar-refractivity contribution in [1.82, 2.24) is 5.32 Å². The number of rotatable bonds is 4. The smallest absolute Gasteiger partial charge is 0.416 e. The first-order valence-electron chi connectivity index (χ1n) is 8.59. The summed E-state index contributed by atoms with van der Waals surface area (Å²) in [7, 11) is 0. The number of alkyl halides is 3. The Morgan fingerprint density at radius 2 is 1.82 bits per heavy atom. The lowest BCUT2D eigenvalue weighted by molar-refractivity contribution is -0.137. The number of ketones is 1. The Labute approximate surface area is 159 Å². The minimum Gasteiger partial charge on any atom is -0.485 e. The molecule has 8 heteroatoms. The SMILES string of the molecule is CC1(C)Oc2ccc(C(F)(F)F)cc2[C@@H](NCC(=O)c2ccc(F)cc2)[C@@H]1O. The first-order chi connectivity index (χ1) is 13.0. The van der Waals surface area contributed by atoms with Crippen molar-refractivity contribution < 1.29 is 32.2 Å². The van der Waals surface area contributed by atoms with Crippen molar-refractivity contribution >= 4 is 5.78 Å². The molecule has 0 spiro atoms. The Balaban J connectivity index is 1.88. The Hall–Kier alpha value is -2.45. The summed E-state index contributed by atoms with van der Waals surface area (Å²) in [5.74, 6) is -0.667. The molecule has 0 aromatic heterocycles. The number of fused-ring (bicyclic) bond motifs is 1. The van der Waals surface area contributed by atoms with Crippen LogP contribution in [-0.2, 0) is 6.18 Å². The summed E-state index contributed by atoms with van der Waals surface area (Å²) in [6, 6.07) is 7.00. The molecular formula is C20H19F4NO3. The summed E-state index contributed by atoms with van der Waals surface area (Å²) < 4.78 is 57.9. The molecule has 0 saturated carbocycles. The fraction of sp³-hybridized carbons (Fsp3) is 0.350. The highest BCUT2D eigenvalue weighted by Gasteiger charge is 2.44. The molecule has 2 N–H and O–H groups in total. The second kappa shape index (κ2) is 7.18. The zero-order chi connectivity index (χ0) is 20.7. The molecule has 1 aliphatic rings. The van der Waals surface area contributed by atoms with E-state index < -0.39 is 35.3 Å². The number of carbonyl (C=O) groups excluding carboxylic acids is 1. The number of Topliss-reactive ketones (excluding diaryl/α,β-unsaturated/α-hetero) is 1. The molecule has 4 nitrogen and oxygen atoms in total. The van der Waals surface area contributed by atoms with E-state index in [-0.39, 0.29) is 29.2 Å². The minimum atomic E-state index is -4.55. The molecule has 0 saturated heterocycles. The number of hydrogen-bond acceptors (Lipinski definition) is 4. The second-order valence-electron chi connectivity index (χ2n) is 7.19. The van der Waals surface area contributed by atoms with Crippen molar-refractivity contribution in [3.05, 3.63) is 65.0 Å². The third-order valence-electron chi connectivity index (χ3n) is 4.72. The largest absolute Gasteiger partial charge is 0.485 e. The lowest BCUT2D eigenvalue weighted by Gasteiger charge is -2.42. The van der Waals surface area contributed by atoms with Crippen molar-refractivity contribution in [2.75, 3.05) is 6.54 Å². The van der Waals surface area contributed by atoms with Gasteiger partial charge in [0.05, 0.1) is 18.2 Å². The van der Waals surface area contributed by atoms with Gasteiger partial charge in [0.25, 0.3) is 0 Å². The highest BCUT2D eigenvalue weighted by atomic mass is 19.4. The highest BCUT2D eigenvalue weighted by molar-refractivity contribution is 5.97. The van der Waals surface area contributed by atoms with Gasteiger partial charge in [-0.1, -0.05) is 0 Å². The molecule has 0 radical (unpaired) electrons. The van der Waals surface area contributed by atoms with E-state index in [9.17, 15) is 27.5 Å². The van der Waals surface area contributed by atoms with E-state index in [1.165, 1.54) is 18.2 Å². The van der Waals surface area contributed by atoms with Crippen LogP contribution in [-0.4, -0.2) is 29.1 Å². The molecule has 0 amide bonds. The van der Waals surface area contributed by atoms with Crippen LogP contribution in [0.25, 0.3) is 0 Å². The molecule has 0 aliphatic carbocycles. The fourth-order valence-corrected chi connectivity index (χ4v) is 3.14. The third kappa shape index (κ3) is 4.02. The lowest BCUT2D eigenvalue weighted by atomic mass is 9.85. The molecule has 28 heavy (non-hydrogen) atoms. The summed E-state index contributed by atoms with van der Waals surface area (Å²) >= 11 is 0. The molecule has 1 aliphatic heterocycles. The fourth-order valence-electron chi connectivity index (χ4n) is 3.14. The standard InChI is InChI=1S/C20H19F4NO3/c1-19(2)18(27)17(25-10-15(26)11-3-6-13(21)7-4-11)14-9-12(20(22,23)24)5-8-16(14)28-19/h3-9,17-18,25,27H,10H2,1-2H3/t17-,18+/m1/s1. The second-order valence-corrected chi connectivity index (χ2v) is 7.19. The van der Waals surface area contributed by atoms with Crippen LogP contribution in [0.15, 0.2) is 42.5 Å². The molecule has 0 fully saturated rings. The van der Waals surface area contributed by atoms with Crippen LogP contribution >= 0.6 is 0 Å². The number of carbonyl (C=O) groups is 1. The molecule has 3 rings (SSSR count). The predicted octanol–water partition coefficient (Wildman–Crippen LogP) is 3.89. The molecular weight excluding hydrogens is 378 g/mol. The summed E-state index contributed by atoms with van der Waals surface area (Å²) in [4.78, 5) is 12.3. The molecule has 2 aromatic carbocycles. The number of hydrogen-bond donors (Lipinski definition) is 2. The van der Waals surface area contributed by atoms with E-state index in [1.54, 1.807) is 13.8 Å². The zero-order valence-electron chi connectivity index (χ0n) is 15.2. The maximum atomic E-state index is 13.1. The van der Waals surface area contributed by atoms with Crippen LogP contribution in [0.4, 0.5) is 17.6 Å². The molecule has 0 unspecified atom stereocenters. The van der Waals surface area contributed by atoms with Crippen molar-refractivity contribution in [2.24, 2.45) is 0 Å². The van der Waals surface area contributed by atoms with Gasteiger partial charge in [-0.05, 0) is 56.3 Å². The summed E-state index contributed by atoms with van der Waals surface area (Å²) in [6.45, 7) is 2.96. The van der Waals surface area contributed by atoms with Gasteiger partial charge in [0, 0.05) is 11.1 Å². The van der Waals surface area contributed by atoms with E-state index >= 15 is 0 Å². The predicted molar refractivity (Wildman–Crippen MR) is 93.6 cm³/mol. The number of aliphatic hydroxyl groups excluding tert-OH is 1. The summed E-state index contributed by atoms with van der Waals surface area (Å²) in [6.07, 6.45) is -5.76. The van der Waals surface area contributed by atoms with E-state index in [0.717, 1.165) is 24.3 Å². The van der Waals surface area contributed by atoms with Crippen molar-refractivity contribution in [2.45, 2.75) is 37.8 Å². The van der Waals surface area contributed by atoms with Crippen molar-refractivity contribution in [1.29, 1.82) is 0 Å². The van der Waals surface area contributed by atoms with Crippen LogP contribution < -0.4 is 10.1 Å². The van der Waals surface area contributed by atoms with E-state index in [0.29, 0.717) is 0 Å². The molecule has 150 valence electrons. The van der Waals surface area contributed by atoms with Gasteiger partial charge >= 0.3 is 6.18 Å². The Morgan fingerprint density at radius 1 is 1.18 bits per heavy atom. The molecule has 2 aromatic rings. The van der Waals surface area contributed by atoms with Gasteiger partial charge in [-0.25, -0.2) is 4.39 Å². The van der Waals surface area contributed by atoms with Gasteiger partial charge in [-0.2, -0.15) is 13.2 Å². The number of nitrogens with one attached hydrogen (secondary N) is 1. The quantitative estimate of drug-likeness (QED) is 0.607. The Bertz CT molecular complexity index is 878. The maximum Gasteiger partial charge on any atom is 0.416 e. The average molecular weight is 397 g/mol. The Morgan fingerprint density at radius 3 is 2.43 bits per heavy atom. The van der Waals surface area contributed by atoms with Crippen LogP contribution in [0.3, 0.4) is 0 Å². The van der Waals surface area contributed by atoms with Gasteiger partial charge in [-0.3, -0.25) is 4.79 Å². The summed E-state index contributed by atoms with van der Waals surface area (Å²) in [5, 5.41) is 13.5. The summed E-state index contributed by atoms with van der Waals surface area (Å²) in [5.41, 5.74) is -1.59. The third-order valence-corrected chi connectivity index (χ3v) is 4.72. The molecule has 2 atom stereocenters. The van der Waals surface area contributed by atoms with Crippen LogP contribution in [0, 0.1) is 5.82 Å². The monoisotopic (exact) mass is 397 g/mol. The van der Waals surface area contributed by atoms with Crippen molar-refractivity contribution in [3.8, 4) is 5.75 Å². The van der Waals surface area contributed by atoms with Gasteiger partial charge in [0.1, 0.15) is 23.3 Å². The molecule has 0 bridgehead atoms. The number of benzene rings is 2. The first kappa shape index (κ1) is 20.3. The number of halogens is 4. The molecule has 1 heterocycles. The van der Waals surface area contributed by atoms with Crippen LogP contribution in [0.5, 0.6) is 5.75 Å². The Kier molecular flexibility index (Phi) is 5.20. The first-order valence-corrected chi connectivity index (χ1v) is 8.59. The van der Waals surface area contributed by atoms with E-state index in [4.69, 9.17) is 4.74 Å². The zero-order valence-corrected chi connectivity index (χ0v) is 15.2. The van der Waals surface area contributed by atoms with Gasteiger partial charge in [0.15, 0.2) is 5.78 Å². The van der Waals surface area contributed by atoms with Crippen LogP contribution in [0.1, 0.15) is 41.4 Å². The average Bonchev–Trinajstić information content (AvgIpc) is 2.61. The lowest BCUT2D eigenvalue weighted by Crippen LogP contribution is -2.53. The van der Waals surface area contributed by atoms with E-state index in [1.807, 2.05) is 0 Å². The van der Waals surface area contributed by atoms with Gasteiger partial charge < -0.3 is 15.2 Å². The van der Waals surface area contributed by atoms with E-state index in [2.05, 4.69) is 5.32 Å². The number of aliphatic hydroxyl groups is 1. The maximum absolute atomic E-state index is 13.1. The topological polar surface area (TPSA) is 58.6 Å². The van der Waals surface area contributed by atoms with Gasteiger partial charge in [-0.15, -0.1) is 0 Å². The normalized spacial score (nSPS) is 21.0. The highest BCUT2D eigenvalue weighted by Crippen LogP contribution is 2.42. The number of ether oxygens (including phenoxy) is 1.